The van der Waals surface area contributed by atoms with Crippen LogP contribution in [0.5, 0.6) is 0 Å². The summed E-state index contributed by atoms with van der Waals surface area (Å²) in [6.45, 7) is 7.26. The largest absolute Gasteiger partial charge is 0.416 e. The minimum Gasteiger partial charge on any atom is -0.416 e. The lowest BCUT2D eigenvalue weighted by Gasteiger charge is -2.10. The van der Waals surface area contributed by atoms with E-state index >= 15 is 0 Å². The molecule has 0 aliphatic carbocycles. The van der Waals surface area contributed by atoms with Gasteiger partial charge in [0, 0.05) is 6.61 Å². The molecule has 0 aliphatic heterocycles. The van der Waals surface area contributed by atoms with Crippen molar-refractivity contribution in [2.24, 2.45) is 0 Å². The third-order valence-corrected chi connectivity index (χ3v) is 4.47. The van der Waals surface area contributed by atoms with E-state index in [1.165, 1.54) is 10.8 Å². The van der Waals surface area contributed by atoms with E-state index in [4.69, 9.17) is 4.43 Å². The SMILES string of the molecule is CCC=Cc1cccc([SiH](C)OCC)c1. The van der Waals surface area contributed by atoms with Crippen LogP contribution < -0.4 is 5.19 Å². The Balaban J connectivity index is 2.77. The molecule has 0 radical (unpaired) electrons. The van der Waals surface area contributed by atoms with Crippen LogP contribution in [0.1, 0.15) is 25.8 Å². The maximum Gasteiger partial charge on any atom is 0.205 e. The number of hydrogen-bond donors (Lipinski definition) is 0. The third kappa shape index (κ3) is 4.02. The fourth-order valence-electron chi connectivity index (χ4n) is 1.52. The Kier molecular flexibility index (Phi) is 5.36. The van der Waals surface area contributed by atoms with E-state index in [-0.39, 0.29) is 0 Å². The average molecular weight is 220 g/mol. The fourth-order valence-corrected chi connectivity index (χ4v) is 3.02. The predicted molar refractivity (Wildman–Crippen MR) is 70.0 cm³/mol. The topological polar surface area (TPSA) is 9.23 Å². The second-order valence-corrected chi connectivity index (χ2v) is 5.86. The Labute approximate surface area is 94.5 Å². The molecule has 0 N–H and O–H groups in total. The number of benzene rings is 1. The van der Waals surface area contributed by atoms with Crippen molar-refractivity contribution in [1.29, 1.82) is 0 Å². The average Bonchev–Trinajstić information content (AvgIpc) is 2.27. The van der Waals surface area contributed by atoms with Crippen molar-refractivity contribution < 1.29 is 4.43 Å². The highest BCUT2D eigenvalue weighted by atomic mass is 28.3. The van der Waals surface area contributed by atoms with Crippen molar-refractivity contribution in [1.82, 2.24) is 0 Å². The molecule has 1 nitrogen and oxygen atoms in total. The van der Waals surface area contributed by atoms with Crippen LogP contribution in [-0.2, 0) is 4.43 Å². The molecule has 0 fully saturated rings. The minimum atomic E-state index is -1.16. The van der Waals surface area contributed by atoms with Crippen molar-refractivity contribution >= 4 is 20.3 Å². The van der Waals surface area contributed by atoms with Crippen LogP contribution >= 0.6 is 0 Å². The van der Waals surface area contributed by atoms with Crippen LogP contribution in [0.4, 0.5) is 0 Å². The van der Waals surface area contributed by atoms with Gasteiger partial charge in [0.2, 0.25) is 9.04 Å². The standard InChI is InChI=1S/C13H20OSi/c1-4-6-8-12-9-7-10-13(11-12)15(3)14-5-2/h6-11,15H,4-5H2,1-3H3. The summed E-state index contributed by atoms with van der Waals surface area (Å²) in [6.07, 6.45) is 5.45. The molecule has 0 bridgehead atoms. The van der Waals surface area contributed by atoms with Gasteiger partial charge in [-0.2, -0.15) is 0 Å². The van der Waals surface area contributed by atoms with Gasteiger partial charge in [-0.1, -0.05) is 43.3 Å². The van der Waals surface area contributed by atoms with Gasteiger partial charge in [-0.15, -0.1) is 0 Å². The zero-order valence-corrected chi connectivity index (χ0v) is 11.0. The van der Waals surface area contributed by atoms with Crippen molar-refractivity contribution in [3.05, 3.63) is 35.9 Å². The van der Waals surface area contributed by atoms with E-state index < -0.39 is 9.04 Å². The minimum absolute atomic E-state index is 0.822. The molecule has 0 heterocycles. The van der Waals surface area contributed by atoms with Crippen LogP contribution in [0, 0.1) is 0 Å². The molecule has 0 saturated heterocycles. The zero-order chi connectivity index (χ0) is 11.1. The summed E-state index contributed by atoms with van der Waals surface area (Å²) < 4.78 is 5.70. The molecule has 1 rings (SSSR count). The monoisotopic (exact) mass is 220 g/mol. The summed E-state index contributed by atoms with van der Waals surface area (Å²) in [5, 5.41) is 1.38. The highest BCUT2D eigenvalue weighted by Gasteiger charge is 2.06. The smallest absolute Gasteiger partial charge is 0.205 e. The molecular formula is C13H20OSi. The van der Waals surface area contributed by atoms with Gasteiger partial charge >= 0.3 is 0 Å². The first kappa shape index (κ1) is 12.2. The lowest BCUT2D eigenvalue weighted by molar-refractivity contribution is 0.354. The zero-order valence-electron chi connectivity index (χ0n) is 9.86. The maximum absolute atomic E-state index is 5.70. The highest BCUT2D eigenvalue weighted by molar-refractivity contribution is 6.66. The van der Waals surface area contributed by atoms with E-state index in [2.05, 4.69) is 56.8 Å². The first-order valence-corrected chi connectivity index (χ1v) is 7.86. The van der Waals surface area contributed by atoms with Gasteiger partial charge in [-0.25, -0.2) is 0 Å². The van der Waals surface area contributed by atoms with Gasteiger partial charge in [0.15, 0.2) is 0 Å². The summed E-state index contributed by atoms with van der Waals surface area (Å²) in [6, 6.07) is 8.68. The van der Waals surface area contributed by atoms with E-state index in [9.17, 15) is 0 Å². The van der Waals surface area contributed by atoms with E-state index in [1.54, 1.807) is 0 Å². The van der Waals surface area contributed by atoms with Crippen molar-refractivity contribution in [2.75, 3.05) is 6.61 Å². The van der Waals surface area contributed by atoms with Crippen molar-refractivity contribution in [3.8, 4) is 0 Å². The second kappa shape index (κ2) is 6.59. The molecule has 1 aromatic rings. The molecule has 15 heavy (non-hydrogen) atoms. The van der Waals surface area contributed by atoms with Crippen LogP contribution in [0.15, 0.2) is 30.3 Å². The lowest BCUT2D eigenvalue weighted by Crippen LogP contribution is -2.30. The Morgan fingerprint density at radius 3 is 2.80 bits per heavy atom. The molecule has 1 aromatic carbocycles. The molecule has 0 spiro atoms. The number of rotatable bonds is 5. The van der Waals surface area contributed by atoms with Gasteiger partial charge in [-0.3, -0.25) is 0 Å². The van der Waals surface area contributed by atoms with Crippen LogP contribution in [0.3, 0.4) is 0 Å². The Morgan fingerprint density at radius 1 is 1.33 bits per heavy atom. The quantitative estimate of drug-likeness (QED) is 0.693. The fraction of sp³-hybridized carbons (Fsp3) is 0.385. The Morgan fingerprint density at radius 2 is 2.13 bits per heavy atom. The van der Waals surface area contributed by atoms with Gasteiger partial charge in [0.05, 0.1) is 0 Å². The Hall–Kier alpha value is -0.863. The van der Waals surface area contributed by atoms with Gasteiger partial charge < -0.3 is 4.43 Å². The van der Waals surface area contributed by atoms with E-state index in [0.29, 0.717) is 0 Å². The molecule has 82 valence electrons. The maximum atomic E-state index is 5.70. The van der Waals surface area contributed by atoms with E-state index in [1.807, 2.05) is 0 Å². The molecular weight excluding hydrogens is 200 g/mol. The molecule has 0 aromatic heterocycles. The number of hydrogen-bond acceptors (Lipinski definition) is 1. The first-order chi connectivity index (χ1) is 7.27. The van der Waals surface area contributed by atoms with Crippen molar-refractivity contribution in [2.45, 2.75) is 26.8 Å². The molecule has 0 saturated carbocycles. The predicted octanol–water partition coefficient (Wildman–Crippen LogP) is 2.71. The lowest BCUT2D eigenvalue weighted by atomic mass is 10.2. The molecule has 1 atom stereocenters. The van der Waals surface area contributed by atoms with Crippen LogP contribution in [-0.4, -0.2) is 15.6 Å². The summed E-state index contributed by atoms with van der Waals surface area (Å²) in [5.41, 5.74) is 1.29. The van der Waals surface area contributed by atoms with Gasteiger partial charge in [-0.05, 0) is 30.6 Å². The van der Waals surface area contributed by atoms with Gasteiger partial charge in [0.1, 0.15) is 0 Å². The molecule has 0 amide bonds. The normalized spacial score (nSPS) is 13.3. The van der Waals surface area contributed by atoms with Crippen molar-refractivity contribution in [3.63, 3.8) is 0 Å². The summed E-state index contributed by atoms with van der Waals surface area (Å²) in [7, 11) is -1.16. The Bertz CT molecular complexity index is 320. The number of allylic oxidation sites excluding steroid dienone is 1. The molecule has 1 unspecified atom stereocenters. The summed E-state index contributed by atoms with van der Waals surface area (Å²) in [5.74, 6) is 0. The van der Waals surface area contributed by atoms with Crippen LogP contribution in [0.25, 0.3) is 6.08 Å². The first-order valence-electron chi connectivity index (χ1n) is 5.66. The molecule has 0 aliphatic rings. The highest BCUT2D eigenvalue weighted by Crippen LogP contribution is 2.02. The van der Waals surface area contributed by atoms with Gasteiger partial charge in [0.25, 0.3) is 0 Å². The third-order valence-electron chi connectivity index (χ3n) is 2.34. The summed E-state index contributed by atoms with van der Waals surface area (Å²) in [4.78, 5) is 0. The summed E-state index contributed by atoms with van der Waals surface area (Å²) >= 11 is 0. The van der Waals surface area contributed by atoms with Crippen LogP contribution in [0.2, 0.25) is 6.55 Å². The molecule has 2 heteroatoms. The second-order valence-electron chi connectivity index (χ2n) is 3.58. The van der Waals surface area contributed by atoms with E-state index in [0.717, 1.165) is 13.0 Å².